The predicted molar refractivity (Wildman–Crippen MR) is 77.4 cm³/mol. The van der Waals surface area contributed by atoms with Gasteiger partial charge < -0.3 is 5.11 Å². The molecule has 0 aliphatic carbocycles. The molecule has 1 N–H and O–H groups in total. The fraction of sp³-hybridized carbons (Fsp3) is 0.571. The Balaban J connectivity index is 2.55. The van der Waals surface area contributed by atoms with Crippen LogP contribution in [0.3, 0.4) is 0 Å². The minimum absolute atomic E-state index is 0.323. The van der Waals surface area contributed by atoms with Gasteiger partial charge in [-0.1, -0.05) is 60.8 Å². The maximum absolute atomic E-state index is 10.1. The lowest BCUT2D eigenvalue weighted by Gasteiger charge is -2.19. The predicted octanol–water partition coefficient (Wildman–Crippen LogP) is 5.35. The first kappa shape index (κ1) is 15.0. The lowest BCUT2D eigenvalue weighted by molar-refractivity contribution is 0.158. The minimum Gasteiger partial charge on any atom is -0.388 e. The molecule has 0 bridgehead atoms. The molecular formula is C14H20BrClO. The number of benzene rings is 1. The summed E-state index contributed by atoms with van der Waals surface area (Å²) in [5.41, 5.74) is 1.15. The van der Waals surface area contributed by atoms with E-state index in [9.17, 15) is 5.11 Å². The first-order chi connectivity index (χ1) is 7.79. The van der Waals surface area contributed by atoms with Crippen molar-refractivity contribution in [3.05, 3.63) is 33.3 Å². The Kier molecular flexibility index (Phi) is 5.49. The number of hydrogen-bond donors (Lipinski definition) is 1. The summed E-state index contributed by atoms with van der Waals surface area (Å²) >= 11 is 9.46. The average Bonchev–Trinajstić information content (AvgIpc) is 2.15. The van der Waals surface area contributed by atoms with Gasteiger partial charge in [0.05, 0.1) is 6.10 Å². The molecular weight excluding hydrogens is 300 g/mol. The van der Waals surface area contributed by atoms with E-state index in [1.807, 2.05) is 18.2 Å². The number of hydrogen-bond acceptors (Lipinski definition) is 1. The van der Waals surface area contributed by atoms with Gasteiger partial charge in [-0.25, -0.2) is 0 Å². The van der Waals surface area contributed by atoms with Crippen molar-refractivity contribution in [1.29, 1.82) is 0 Å². The molecule has 0 spiro atoms. The van der Waals surface area contributed by atoms with Gasteiger partial charge in [-0.05, 0) is 36.0 Å². The molecule has 0 saturated carbocycles. The Labute approximate surface area is 117 Å². The van der Waals surface area contributed by atoms with E-state index in [4.69, 9.17) is 11.6 Å². The molecule has 0 fully saturated rings. The van der Waals surface area contributed by atoms with Crippen molar-refractivity contribution in [2.75, 3.05) is 0 Å². The van der Waals surface area contributed by atoms with Gasteiger partial charge in [0.25, 0.3) is 0 Å². The molecule has 96 valence electrons. The Hall–Kier alpha value is -0.0500. The Bertz CT molecular complexity index is 371. The standard InChI is InChI=1S/C14H20BrClO/c1-14(2,3)8-4-5-13(17)11-7-6-10(15)9-12(11)16/h6-7,9,13,17H,4-5,8H2,1-3H3. The molecule has 1 nitrogen and oxygen atoms in total. The van der Waals surface area contributed by atoms with Gasteiger partial charge in [0, 0.05) is 9.50 Å². The third kappa shape index (κ3) is 5.41. The number of aliphatic hydroxyl groups excluding tert-OH is 1. The molecule has 3 heteroatoms. The third-order valence-corrected chi connectivity index (χ3v) is 3.55. The van der Waals surface area contributed by atoms with Crippen LogP contribution >= 0.6 is 27.5 Å². The van der Waals surface area contributed by atoms with Gasteiger partial charge in [-0.3, -0.25) is 0 Å². The van der Waals surface area contributed by atoms with Crippen molar-refractivity contribution < 1.29 is 5.11 Å². The van der Waals surface area contributed by atoms with Crippen molar-refractivity contribution in [2.24, 2.45) is 5.41 Å². The highest BCUT2D eigenvalue weighted by atomic mass is 79.9. The van der Waals surface area contributed by atoms with Crippen LogP contribution in [0.2, 0.25) is 5.02 Å². The zero-order valence-electron chi connectivity index (χ0n) is 10.6. The number of halogens is 2. The molecule has 1 atom stereocenters. The fourth-order valence-electron chi connectivity index (χ4n) is 1.75. The van der Waals surface area contributed by atoms with E-state index >= 15 is 0 Å². The SMILES string of the molecule is CC(C)(C)CCCC(O)c1ccc(Br)cc1Cl. The normalized spacial score (nSPS) is 13.8. The zero-order chi connectivity index (χ0) is 13.1. The summed E-state index contributed by atoms with van der Waals surface area (Å²) in [4.78, 5) is 0. The zero-order valence-corrected chi connectivity index (χ0v) is 13.0. The average molecular weight is 320 g/mol. The van der Waals surface area contributed by atoms with Gasteiger partial charge in [0.15, 0.2) is 0 Å². The number of rotatable bonds is 4. The smallest absolute Gasteiger partial charge is 0.0804 e. The molecule has 0 radical (unpaired) electrons. The summed E-state index contributed by atoms with van der Waals surface area (Å²) in [5, 5.41) is 10.7. The van der Waals surface area contributed by atoms with Crippen LogP contribution in [0.5, 0.6) is 0 Å². The maximum Gasteiger partial charge on any atom is 0.0804 e. The highest BCUT2D eigenvalue weighted by molar-refractivity contribution is 9.10. The van der Waals surface area contributed by atoms with Gasteiger partial charge in [0.2, 0.25) is 0 Å². The Morgan fingerprint density at radius 1 is 1.35 bits per heavy atom. The monoisotopic (exact) mass is 318 g/mol. The summed E-state index contributed by atoms with van der Waals surface area (Å²) in [5.74, 6) is 0. The van der Waals surface area contributed by atoms with E-state index in [0.717, 1.165) is 29.3 Å². The van der Waals surface area contributed by atoms with Gasteiger partial charge >= 0.3 is 0 Å². The lowest BCUT2D eigenvalue weighted by Crippen LogP contribution is -2.06. The Morgan fingerprint density at radius 3 is 2.53 bits per heavy atom. The molecule has 0 aliphatic rings. The first-order valence-corrected chi connectivity index (χ1v) is 7.10. The van der Waals surface area contributed by atoms with E-state index in [0.29, 0.717) is 10.4 Å². The van der Waals surface area contributed by atoms with E-state index in [2.05, 4.69) is 36.7 Å². The van der Waals surface area contributed by atoms with Crippen molar-refractivity contribution >= 4 is 27.5 Å². The molecule has 0 amide bonds. The summed E-state index contributed by atoms with van der Waals surface area (Å²) in [6.07, 6.45) is 2.42. The van der Waals surface area contributed by atoms with Crippen LogP contribution in [0.4, 0.5) is 0 Å². The molecule has 1 aromatic carbocycles. The molecule has 0 heterocycles. The van der Waals surface area contributed by atoms with E-state index in [-0.39, 0.29) is 0 Å². The fourth-order valence-corrected chi connectivity index (χ4v) is 2.55. The van der Waals surface area contributed by atoms with Crippen LogP contribution in [-0.2, 0) is 0 Å². The maximum atomic E-state index is 10.1. The van der Waals surface area contributed by atoms with Crippen LogP contribution in [-0.4, -0.2) is 5.11 Å². The number of aliphatic hydroxyl groups is 1. The van der Waals surface area contributed by atoms with Crippen LogP contribution < -0.4 is 0 Å². The van der Waals surface area contributed by atoms with Crippen molar-refractivity contribution in [3.63, 3.8) is 0 Å². The molecule has 0 aromatic heterocycles. The molecule has 1 rings (SSSR count). The lowest BCUT2D eigenvalue weighted by atomic mass is 9.88. The molecule has 1 unspecified atom stereocenters. The summed E-state index contributed by atoms with van der Waals surface area (Å²) in [6.45, 7) is 6.64. The largest absolute Gasteiger partial charge is 0.388 e. The van der Waals surface area contributed by atoms with E-state index < -0.39 is 6.10 Å². The van der Waals surface area contributed by atoms with Gasteiger partial charge in [-0.15, -0.1) is 0 Å². The highest BCUT2D eigenvalue weighted by Crippen LogP contribution is 2.31. The quantitative estimate of drug-likeness (QED) is 0.793. The van der Waals surface area contributed by atoms with Crippen LogP contribution in [0.15, 0.2) is 22.7 Å². The van der Waals surface area contributed by atoms with Crippen LogP contribution in [0.25, 0.3) is 0 Å². The molecule has 0 aliphatic heterocycles. The first-order valence-electron chi connectivity index (χ1n) is 5.92. The van der Waals surface area contributed by atoms with E-state index in [1.54, 1.807) is 0 Å². The van der Waals surface area contributed by atoms with Gasteiger partial charge in [0.1, 0.15) is 0 Å². The van der Waals surface area contributed by atoms with Crippen LogP contribution in [0, 0.1) is 5.41 Å². The van der Waals surface area contributed by atoms with E-state index in [1.165, 1.54) is 0 Å². The molecule has 1 aromatic rings. The Morgan fingerprint density at radius 2 is 2.00 bits per heavy atom. The van der Waals surface area contributed by atoms with Crippen molar-refractivity contribution in [1.82, 2.24) is 0 Å². The second-order valence-electron chi connectivity index (χ2n) is 5.63. The summed E-state index contributed by atoms with van der Waals surface area (Å²) in [6, 6.07) is 5.62. The molecule has 0 saturated heterocycles. The van der Waals surface area contributed by atoms with Crippen molar-refractivity contribution in [2.45, 2.75) is 46.1 Å². The second-order valence-corrected chi connectivity index (χ2v) is 6.96. The molecule has 17 heavy (non-hydrogen) atoms. The van der Waals surface area contributed by atoms with Crippen LogP contribution in [0.1, 0.15) is 51.7 Å². The van der Waals surface area contributed by atoms with Crippen molar-refractivity contribution in [3.8, 4) is 0 Å². The topological polar surface area (TPSA) is 20.2 Å². The summed E-state index contributed by atoms with van der Waals surface area (Å²) < 4.78 is 0.938. The third-order valence-electron chi connectivity index (χ3n) is 2.73. The van der Waals surface area contributed by atoms with Gasteiger partial charge in [-0.2, -0.15) is 0 Å². The highest BCUT2D eigenvalue weighted by Gasteiger charge is 2.14. The second kappa shape index (κ2) is 6.21. The summed E-state index contributed by atoms with van der Waals surface area (Å²) in [7, 11) is 0. The minimum atomic E-state index is -0.460.